The fraction of sp³-hybridized carbons (Fsp3) is 0.444. The number of rotatable bonds is 8. The lowest BCUT2D eigenvalue weighted by Gasteiger charge is -2.31. The third-order valence-corrected chi connectivity index (χ3v) is 7.02. The van der Waals surface area contributed by atoms with Gasteiger partial charge in [0.25, 0.3) is 0 Å². The molecule has 0 radical (unpaired) electrons. The predicted molar refractivity (Wildman–Crippen MR) is 149 cm³/mol. The van der Waals surface area contributed by atoms with E-state index in [-0.39, 0.29) is 11.6 Å². The van der Waals surface area contributed by atoms with E-state index < -0.39 is 0 Å². The van der Waals surface area contributed by atoms with E-state index in [1.54, 1.807) is 0 Å². The molecule has 2 heterocycles. The van der Waals surface area contributed by atoms with E-state index in [0.717, 1.165) is 63.7 Å². The number of benzene rings is 2. The van der Waals surface area contributed by atoms with E-state index in [0.29, 0.717) is 29.3 Å². The van der Waals surface area contributed by atoms with Crippen molar-refractivity contribution in [3.05, 3.63) is 59.7 Å². The zero-order chi connectivity index (χ0) is 25.5. The number of carbonyl (C=O) groups is 2. The normalized spacial score (nSPS) is 18.1. The van der Waals surface area contributed by atoms with Crippen molar-refractivity contribution in [3.8, 4) is 0 Å². The van der Waals surface area contributed by atoms with Crippen LogP contribution >= 0.6 is 12.2 Å². The van der Waals surface area contributed by atoms with Crippen LogP contribution < -0.4 is 10.6 Å². The number of Topliss-reactive ketones (excluding diaryl/α,β-unsaturated/α-hetero) is 2. The molecule has 9 heteroatoms. The first-order valence-corrected chi connectivity index (χ1v) is 12.9. The summed E-state index contributed by atoms with van der Waals surface area (Å²) in [5.41, 5.74) is 2.83. The van der Waals surface area contributed by atoms with Gasteiger partial charge < -0.3 is 20.4 Å². The number of hydrogen-bond acceptors (Lipinski definition) is 7. The Bertz CT molecular complexity index is 994. The number of piperazine rings is 2. The van der Waals surface area contributed by atoms with Crippen LogP contribution in [0.5, 0.6) is 0 Å². The SMILES string of the molecule is CN1CCN(CC(=O)c2cccc(NC(=S)Nc3cccc(C(=O)CN4CCN(C)CC4)c3)c2)CC1. The minimum atomic E-state index is 0.105. The zero-order valence-corrected chi connectivity index (χ0v) is 22.0. The molecule has 0 bridgehead atoms. The van der Waals surface area contributed by atoms with Crippen LogP contribution in [0, 0.1) is 0 Å². The summed E-state index contributed by atoms with van der Waals surface area (Å²) in [5.74, 6) is 0.210. The fourth-order valence-electron chi connectivity index (χ4n) is 4.43. The van der Waals surface area contributed by atoms with Crippen molar-refractivity contribution in [1.29, 1.82) is 0 Å². The number of nitrogens with zero attached hydrogens (tertiary/aromatic N) is 4. The van der Waals surface area contributed by atoms with Gasteiger partial charge in [0.15, 0.2) is 16.7 Å². The Morgan fingerprint density at radius 2 is 1.08 bits per heavy atom. The molecule has 2 fully saturated rings. The van der Waals surface area contributed by atoms with Gasteiger partial charge in [-0.25, -0.2) is 0 Å². The van der Waals surface area contributed by atoms with Crippen molar-refractivity contribution < 1.29 is 9.59 Å². The average Bonchev–Trinajstić information content (AvgIpc) is 2.87. The highest BCUT2D eigenvalue weighted by Gasteiger charge is 2.19. The summed E-state index contributed by atoms with van der Waals surface area (Å²) in [6.07, 6.45) is 0. The van der Waals surface area contributed by atoms with Crippen LogP contribution in [-0.4, -0.2) is 116 Å². The Hall–Kier alpha value is -2.69. The molecule has 4 rings (SSSR count). The molecule has 0 atom stereocenters. The quantitative estimate of drug-likeness (QED) is 0.413. The van der Waals surface area contributed by atoms with Gasteiger partial charge in [0.2, 0.25) is 0 Å². The van der Waals surface area contributed by atoms with Crippen molar-refractivity contribution in [3.63, 3.8) is 0 Å². The van der Waals surface area contributed by atoms with E-state index in [1.807, 2.05) is 48.5 Å². The molecule has 0 unspecified atom stereocenters. The van der Waals surface area contributed by atoms with Crippen molar-refractivity contribution in [2.75, 3.05) is 90.2 Å². The van der Waals surface area contributed by atoms with Crippen LogP contribution in [-0.2, 0) is 0 Å². The number of carbonyl (C=O) groups excluding carboxylic acids is 2. The first kappa shape index (κ1) is 26.4. The molecule has 2 aliphatic heterocycles. The average molecular weight is 509 g/mol. The second kappa shape index (κ2) is 12.5. The Morgan fingerprint density at radius 3 is 1.47 bits per heavy atom. The molecule has 0 spiro atoms. The van der Waals surface area contributed by atoms with Crippen LogP contribution in [0.25, 0.3) is 0 Å². The molecular weight excluding hydrogens is 472 g/mol. The highest BCUT2D eigenvalue weighted by Crippen LogP contribution is 2.16. The maximum atomic E-state index is 12.8. The van der Waals surface area contributed by atoms with Gasteiger partial charge in [-0.15, -0.1) is 0 Å². The summed E-state index contributed by atoms with van der Waals surface area (Å²) in [6.45, 7) is 8.42. The molecule has 2 aromatic rings. The van der Waals surface area contributed by atoms with Gasteiger partial charge in [0.1, 0.15) is 0 Å². The standard InChI is InChI=1S/C27H36N6O2S/c1-30-9-13-32(14-10-30)19-25(34)21-5-3-7-23(17-21)28-27(36)29-24-8-4-6-22(18-24)26(35)20-33-15-11-31(2)12-16-33/h3-8,17-18H,9-16,19-20H2,1-2H3,(H2,28,29,36). The molecule has 2 aromatic carbocycles. The highest BCUT2D eigenvalue weighted by molar-refractivity contribution is 7.80. The number of likely N-dealkylation sites (N-methyl/N-ethyl adjacent to an activating group) is 2. The maximum Gasteiger partial charge on any atom is 0.176 e. The highest BCUT2D eigenvalue weighted by atomic mass is 32.1. The van der Waals surface area contributed by atoms with E-state index in [9.17, 15) is 9.59 Å². The lowest BCUT2D eigenvalue weighted by atomic mass is 10.1. The van der Waals surface area contributed by atoms with Crippen molar-refractivity contribution in [1.82, 2.24) is 19.6 Å². The van der Waals surface area contributed by atoms with Crippen molar-refractivity contribution in [2.45, 2.75) is 0 Å². The molecule has 2 N–H and O–H groups in total. The molecule has 2 saturated heterocycles. The third-order valence-electron chi connectivity index (χ3n) is 6.81. The Labute approximate surface area is 219 Å². The van der Waals surface area contributed by atoms with E-state index in [1.165, 1.54) is 0 Å². The Balaban J connectivity index is 1.30. The van der Waals surface area contributed by atoms with Gasteiger partial charge >= 0.3 is 0 Å². The largest absolute Gasteiger partial charge is 0.332 e. The molecule has 8 nitrogen and oxygen atoms in total. The minimum absolute atomic E-state index is 0.105. The molecule has 0 aromatic heterocycles. The number of anilines is 2. The van der Waals surface area contributed by atoms with Crippen LogP contribution in [0.2, 0.25) is 0 Å². The molecule has 0 aliphatic carbocycles. The van der Waals surface area contributed by atoms with Crippen LogP contribution in [0.1, 0.15) is 20.7 Å². The van der Waals surface area contributed by atoms with Crippen molar-refractivity contribution >= 4 is 40.3 Å². The van der Waals surface area contributed by atoms with E-state index >= 15 is 0 Å². The molecule has 0 amide bonds. The summed E-state index contributed by atoms with van der Waals surface area (Å²) in [7, 11) is 4.21. The summed E-state index contributed by atoms with van der Waals surface area (Å²) in [4.78, 5) is 34.6. The first-order valence-electron chi connectivity index (χ1n) is 12.5. The van der Waals surface area contributed by atoms with E-state index in [2.05, 4.69) is 44.3 Å². The first-order chi connectivity index (χ1) is 17.4. The van der Waals surface area contributed by atoms with E-state index in [4.69, 9.17) is 12.2 Å². The minimum Gasteiger partial charge on any atom is -0.332 e. The predicted octanol–water partition coefficient (Wildman–Crippen LogP) is 2.36. The summed E-state index contributed by atoms with van der Waals surface area (Å²) in [6, 6.07) is 14.8. The van der Waals surface area contributed by atoms with Crippen molar-refractivity contribution in [2.24, 2.45) is 0 Å². The summed E-state index contributed by atoms with van der Waals surface area (Å²) in [5, 5.41) is 6.73. The lowest BCUT2D eigenvalue weighted by Crippen LogP contribution is -2.46. The summed E-state index contributed by atoms with van der Waals surface area (Å²) >= 11 is 5.50. The monoisotopic (exact) mass is 508 g/mol. The second-order valence-electron chi connectivity index (χ2n) is 9.75. The molecular formula is C27H36N6O2S. The maximum absolute atomic E-state index is 12.8. The molecule has 0 saturated carbocycles. The molecule has 192 valence electrons. The fourth-order valence-corrected chi connectivity index (χ4v) is 4.67. The third kappa shape index (κ3) is 7.65. The number of ketones is 2. The van der Waals surface area contributed by atoms with Gasteiger partial charge in [-0.3, -0.25) is 19.4 Å². The molecule has 36 heavy (non-hydrogen) atoms. The van der Waals surface area contributed by atoms with Gasteiger partial charge in [0, 0.05) is 74.9 Å². The number of nitrogens with one attached hydrogen (secondary N) is 2. The summed E-state index contributed by atoms with van der Waals surface area (Å²) < 4.78 is 0. The van der Waals surface area contributed by atoms with Gasteiger partial charge in [-0.05, 0) is 50.6 Å². The molecule has 2 aliphatic rings. The smallest absolute Gasteiger partial charge is 0.176 e. The van der Waals surface area contributed by atoms with Crippen LogP contribution in [0.15, 0.2) is 48.5 Å². The van der Waals surface area contributed by atoms with Gasteiger partial charge in [0.05, 0.1) is 13.1 Å². The van der Waals surface area contributed by atoms with Crippen LogP contribution in [0.3, 0.4) is 0 Å². The van der Waals surface area contributed by atoms with Crippen LogP contribution in [0.4, 0.5) is 11.4 Å². The van der Waals surface area contributed by atoms with Gasteiger partial charge in [-0.1, -0.05) is 24.3 Å². The van der Waals surface area contributed by atoms with Gasteiger partial charge in [-0.2, -0.15) is 0 Å². The lowest BCUT2D eigenvalue weighted by molar-refractivity contribution is 0.0869. The topological polar surface area (TPSA) is 71.2 Å². The number of hydrogen-bond donors (Lipinski definition) is 2. The Morgan fingerprint density at radius 1 is 0.694 bits per heavy atom. The number of thiocarbonyl (C=S) groups is 1. The Kier molecular flexibility index (Phi) is 9.17. The zero-order valence-electron chi connectivity index (χ0n) is 21.2. The second-order valence-corrected chi connectivity index (χ2v) is 10.2.